The first-order valence-corrected chi connectivity index (χ1v) is 12.2. The van der Waals surface area contributed by atoms with Crippen molar-refractivity contribution in [3.05, 3.63) is 66.9 Å². The van der Waals surface area contributed by atoms with E-state index in [2.05, 4.69) is 26.9 Å². The molecule has 1 amide bonds. The highest BCUT2D eigenvalue weighted by Gasteiger charge is 2.33. The summed E-state index contributed by atoms with van der Waals surface area (Å²) in [6.07, 6.45) is 3.06. The number of likely N-dealkylation sites (tertiary alicyclic amines) is 1. The third-order valence-corrected chi connectivity index (χ3v) is 6.80. The molecule has 0 aliphatic carbocycles. The van der Waals surface area contributed by atoms with Crippen molar-refractivity contribution in [2.24, 2.45) is 0 Å². The number of carbonyl (C=O) groups is 1. The molecular weight excluding hydrogens is 496 g/mol. The van der Waals surface area contributed by atoms with Crippen LogP contribution in [-0.2, 0) is 4.79 Å². The molecule has 1 N–H and O–H groups in total. The monoisotopic (exact) mass is 523 g/mol. The lowest BCUT2D eigenvalue weighted by molar-refractivity contribution is -0.130. The number of hydrogen-bond acceptors (Lipinski definition) is 7. The SMILES string of the molecule is C=CC(=O)N1CCC(n2nnc(-c3cc(O[C@H](C)c4ccccn4)c4c(c3)ncn4C(F)F)c2C)C(O)C1. The maximum Gasteiger partial charge on any atom is 0.320 e. The summed E-state index contributed by atoms with van der Waals surface area (Å²) in [5, 5.41) is 19.4. The number of β-amino-alcohol motifs (C(OH)–C–C–N with tert-alkyl or cyclic N) is 1. The first kappa shape index (κ1) is 25.5. The highest BCUT2D eigenvalue weighted by Crippen LogP contribution is 2.37. The molecule has 1 saturated heterocycles. The number of aliphatic hydroxyl groups excluding tert-OH is 1. The predicted octanol–water partition coefficient (Wildman–Crippen LogP) is 3.85. The molecule has 1 aromatic carbocycles. The van der Waals surface area contributed by atoms with Gasteiger partial charge in [0.05, 0.1) is 29.1 Å². The second kappa shape index (κ2) is 10.3. The van der Waals surface area contributed by atoms with Gasteiger partial charge in [0.2, 0.25) is 5.91 Å². The molecule has 1 fully saturated rings. The molecule has 4 heterocycles. The molecule has 198 valence electrons. The minimum absolute atomic E-state index is 0.157. The van der Waals surface area contributed by atoms with Crippen LogP contribution in [-0.4, -0.2) is 64.6 Å². The number of hydrogen-bond donors (Lipinski definition) is 1. The minimum atomic E-state index is -2.80. The highest BCUT2D eigenvalue weighted by atomic mass is 19.3. The van der Waals surface area contributed by atoms with Crippen LogP contribution >= 0.6 is 0 Å². The van der Waals surface area contributed by atoms with E-state index < -0.39 is 18.8 Å². The van der Waals surface area contributed by atoms with Crippen molar-refractivity contribution in [2.45, 2.75) is 45.1 Å². The first-order chi connectivity index (χ1) is 18.3. The molecule has 12 heteroatoms. The summed E-state index contributed by atoms with van der Waals surface area (Å²) < 4.78 is 36.1. The zero-order valence-electron chi connectivity index (χ0n) is 20.9. The topological polar surface area (TPSA) is 111 Å². The molecule has 4 aromatic rings. The molecule has 0 spiro atoms. The van der Waals surface area contributed by atoms with E-state index >= 15 is 0 Å². The molecule has 0 bridgehead atoms. The maximum absolute atomic E-state index is 13.8. The van der Waals surface area contributed by atoms with Crippen LogP contribution in [0.4, 0.5) is 8.78 Å². The second-order valence-corrected chi connectivity index (χ2v) is 9.17. The van der Waals surface area contributed by atoms with E-state index in [-0.39, 0.29) is 29.8 Å². The van der Waals surface area contributed by atoms with E-state index in [0.29, 0.717) is 41.1 Å². The summed E-state index contributed by atoms with van der Waals surface area (Å²) in [6, 6.07) is 8.33. The van der Waals surface area contributed by atoms with E-state index in [1.54, 1.807) is 47.0 Å². The molecule has 3 atom stereocenters. The minimum Gasteiger partial charge on any atom is -0.482 e. The number of fused-ring (bicyclic) bond motifs is 1. The van der Waals surface area contributed by atoms with Gasteiger partial charge in [-0.1, -0.05) is 17.9 Å². The van der Waals surface area contributed by atoms with E-state index in [9.17, 15) is 18.7 Å². The van der Waals surface area contributed by atoms with Crippen LogP contribution in [0.15, 0.2) is 55.5 Å². The zero-order chi connectivity index (χ0) is 27.0. The van der Waals surface area contributed by atoms with E-state index in [4.69, 9.17) is 4.74 Å². The number of piperidine rings is 1. The fourth-order valence-electron chi connectivity index (χ4n) is 4.83. The van der Waals surface area contributed by atoms with Gasteiger partial charge in [-0.2, -0.15) is 8.78 Å². The lowest BCUT2D eigenvalue weighted by atomic mass is 10.0. The first-order valence-electron chi connectivity index (χ1n) is 12.2. The Hall–Kier alpha value is -4.19. The van der Waals surface area contributed by atoms with Gasteiger partial charge in [-0.3, -0.25) is 14.3 Å². The zero-order valence-corrected chi connectivity index (χ0v) is 20.9. The molecule has 2 unspecified atom stereocenters. The number of alkyl halides is 2. The number of aromatic nitrogens is 6. The summed E-state index contributed by atoms with van der Waals surface area (Å²) in [5.74, 6) is -0.0267. The third-order valence-electron chi connectivity index (χ3n) is 6.80. The summed E-state index contributed by atoms with van der Waals surface area (Å²) in [7, 11) is 0. The van der Waals surface area contributed by atoms with Gasteiger partial charge in [0.15, 0.2) is 0 Å². The van der Waals surface area contributed by atoms with Gasteiger partial charge in [-0.25, -0.2) is 9.67 Å². The fourth-order valence-corrected chi connectivity index (χ4v) is 4.83. The Morgan fingerprint density at radius 2 is 2.11 bits per heavy atom. The fraction of sp³-hybridized carbons (Fsp3) is 0.346. The van der Waals surface area contributed by atoms with E-state index in [1.807, 2.05) is 13.0 Å². The lowest BCUT2D eigenvalue weighted by Crippen LogP contribution is -2.47. The van der Waals surface area contributed by atoms with Gasteiger partial charge >= 0.3 is 6.55 Å². The molecule has 1 aliphatic rings. The standard InChI is InChI=1S/C26H27F2N7O3/c1-4-23(37)33-10-8-20(21(36)13-33)35-15(2)24(31-32-35)17-11-19-25(34(14-30-19)26(27)28)22(12-17)38-16(3)18-7-5-6-9-29-18/h4-7,9,11-12,14,16,20-21,26,36H,1,8,10,13H2,2-3H3/t16-,20?,21?/m1/s1. The molecular formula is C26H27F2N7O3. The molecule has 5 rings (SSSR count). The van der Waals surface area contributed by atoms with Gasteiger partial charge in [-0.05, 0) is 50.6 Å². The van der Waals surface area contributed by atoms with Crippen LogP contribution in [0.2, 0.25) is 0 Å². The number of nitrogens with zero attached hydrogens (tertiary/aromatic N) is 7. The summed E-state index contributed by atoms with van der Waals surface area (Å²) >= 11 is 0. The van der Waals surface area contributed by atoms with E-state index in [1.165, 1.54) is 6.08 Å². The van der Waals surface area contributed by atoms with Crippen LogP contribution in [0.3, 0.4) is 0 Å². The predicted molar refractivity (Wildman–Crippen MR) is 134 cm³/mol. The lowest BCUT2D eigenvalue weighted by Gasteiger charge is -2.35. The average Bonchev–Trinajstić information content (AvgIpc) is 3.52. The molecule has 0 saturated carbocycles. The molecule has 3 aromatic heterocycles. The van der Waals surface area contributed by atoms with Gasteiger partial charge in [0.25, 0.3) is 0 Å². The largest absolute Gasteiger partial charge is 0.482 e. The third kappa shape index (κ3) is 4.62. The smallest absolute Gasteiger partial charge is 0.320 e. The van der Waals surface area contributed by atoms with Crippen LogP contribution in [0, 0.1) is 6.92 Å². The highest BCUT2D eigenvalue weighted by molar-refractivity contribution is 5.88. The summed E-state index contributed by atoms with van der Waals surface area (Å²) in [5.41, 5.74) is 2.88. The van der Waals surface area contributed by atoms with Gasteiger partial charge in [0.1, 0.15) is 29.4 Å². The van der Waals surface area contributed by atoms with Gasteiger partial charge < -0.3 is 14.7 Å². The number of aliphatic hydroxyl groups is 1. The maximum atomic E-state index is 13.8. The van der Waals surface area contributed by atoms with Crippen molar-refractivity contribution < 1.29 is 23.4 Å². The van der Waals surface area contributed by atoms with Crippen molar-refractivity contribution in [1.82, 2.24) is 34.4 Å². The number of rotatable bonds is 7. The van der Waals surface area contributed by atoms with Crippen LogP contribution in [0.5, 0.6) is 5.75 Å². The van der Waals surface area contributed by atoms with Gasteiger partial charge in [0, 0.05) is 24.8 Å². The van der Waals surface area contributed by atoms with E-state index in [0.717, 1.165) is 10.9 Å². The number of ether oxygens (including phenoxy) is 1. The second-order valence-electron chi connectivity index (χ2n) is 9.17. The number of benzene rings is 1. The van der Waals surface area contributed by atoms with Crippen molar-refractivity contribution in [3.8, 4) is 17.0 Å². The molecule has 10 nitrogen and oxygen atoms in total. The molecule has 38 heavy (non-hydrogen) atoms. The average molecular weight is 524 g/mol. The number of carbonyl (C=O) groups excluding carboxylic acids is 1. The molecule has 0 radical (unpaired) electrons. The molecule has 1 aliphatic heterocycles. The van der Waals surface area contributed by atoms with Gasteiger partial charge in [-0.15, -0.1) is 5.10 Å². The van der Waals surface area contributed by atoms with Crippen LogP contribution in [0.1, 0.15) is 43.4 Å². The van der Waals surface area contributed by atoms with Crippen LogP contribution in [0.25, 0.3) is 22.3 Å². The Balaban J connectivity index is 1.51. The van der Waals surface area contributed by atoms with Crippen LogP contribution < -0.4 is 4.74 Å². The van der Waals surface area contributed by atoms with Crippen molar-refractivity contribution in [3.63, 3.8) is 0 Å². The van der Waals surface area contributed by atoms with Crippen molar-refractivity contribution >= 4 is 16.9 Å². The number of halogens is 2. The quantitative estimate of drug-likeness (QED) is 0.366. The van der Waals surface area contributed by atoms with Crippen molar-refractivity contribution in [1.29, 1.82) is 0 Å². The van der Waals surface area contributed by atoms with Crippen molar-refractivity contribution in [2.75, 3.05) is 13.1 Å². The Morgan fingerprint density at radius 1 is 1.29 bits per heavy atom. The Kier molecular flexibility index (Phi) is 6.89. The Labute approximate surface area is 217 Å². The number of imidazole rings is 1. The Morgan fingerprint density at radius 3 is 2.79 bits per heavy atom. The number of amides is 1. The normalized spacial score (nSPS) is 18.6. The number of pyridine rings is 1. The summed E-state index contributed by atoms with van der Waals surface area (Å²) in [4.78, 5) is 22.0. The summed E-state index contributed by atoms with van der Waals surface area (Å²) in [6.45, 7) is 4.91. The Bertz CT molecular complexity index is 1470.